The lowest BCUT2D eigenvalue weighted by atomic mass is 10.2. The average molecular weight is 425 g/mol. The van der Waals surface area contributed by atoms with E-state index in [0.29, 0.717) is 41.8 Å². The minimum absolute atomic E-state index is 0.0975. The van der Waals surface area contributed by atoms with E-state index in [1.54, 1.807) is 30.8 Å². The van der Waals surface area contributed by atoms with Crippen LogP contribution in [0.4, 0.5) is 0 Å². The van der Waals surface area contributed by atoms with Gasteiger partial charge in [-0.15, -0.1) is 11.3 Å². The molecule has 0 aromatic carbocycles. The van der Waals surface area contributed by atoms with E-state index >= 15 is 0 Å². The van der Waals surface area contributed by atoms with Crippen molar-refractivity contribution in [2.45, 2.75) is 44.6 Å². The number of aliphatic hydroxyl groups is 1. The summed E-state index contributed by atoms with van der Waals surface area (Å²) < 4.78 is 11.4. The first-order valence-corrected chi connectivity index (χ1v) is 11.0. The zero-order valence-corrected chi connectivity index (χ0v) is 17.9. The molecule has 30 heavy (non-hydrogen) atoms. The number of thiazole rings is 1. The third kappa shape index (κ3) is 3.89. The number of pyridine rings is 1. The largest absolute Gasteiger partial charge is 0.495 e. The predicted molar refractivity (Wildman–Crippen MR) is 113 cm³/mol. The maximum atomic E-state index is 9.81. The molecule has 2 aliphatic carbocycles. The molecule has 0 bridgehead atoms. The van der Waals surface area contributed by atoms with Crippen LogP contribution in [0.3, 0.4) is 0 Å². The van der Waals surface area contributed by atoms with E-state index in [1.165, 1.54) is 12.8 Å². The van der Waals surface area contributed by atoms with Gasteiger partial charge in [-0.05, 0) is 38.3 Å². The van der Waals surface area contributed by atoms with E-state index in [2.05, 4.69) is 19.9 Å². The Morgan fingerprint density at radius 2 is 2.03 bits per heavy atom. The Balaban J connectivity index is 1.32. The Morgan fingerprint density at radius 3 is 2.73 bits per heavy atom. The third-order valence-electron chi connectivity index (χ3n) is 5.64. The Kier molecular flexibility index (Phi) is 5.12. The van der Waals surface area contributed by atoms with E-state index in [4.69, 9.17) is 9.47 Å². The van der Waals surface area contributed by atoms with Crippen LogP contribution in [0.2, 0.25) is 0 Å². The molecule has 0 amide bonds. The summed E-state index contributed by atoms with van der Waals surface area (Å²) in [6.07, 6.45) is 6.95. The van der Waals surface area contributed by atoms with Gasteiger partial charge in [-0.3, -0.25) is 4.98 Å². The number of rotatable bonds is 8. The van der Waals surface area contributed by atoms with E-state index in [9.17, 15) is 5.11 Å². The molecular formula is C22H24N4O3S. The van der Waals surface area contributed by atoms with Gasteiger partial charge in [0.25, 0.3) is 0 Å². The Bertz CT molecular complexity index is 1050. The van der Waals surface area contributed by atoms with Gasteiger partial charge in [0.1, 0.15) is 11.6 Å². The summed E-state index contributed by atoms with van der Waals surface area (Å²) in [7, 11) is 1.64. The van der Waals surface area contributed by atoms with Crippen LogP contribution in [-0.2, 0) is 6.61 Å². The van der Waals surface area contributed by atoms with Crippen molar-refractivity contribution in [3.63, 3.8) is 0 Å². The monoisotopic (exact) mass is 424 g/mol. The van der Waals surface area contributed by atoms with Crippen LogP contribution in [0.1, 0.15) is 53.3 Å². The van der Waals surface area contributed by atoms with E-state index in [0.717, 1.165) is 33.3 Å². The van der Waals surface area contributed by atoms with Crippen molar-refractivity contribution in [2.75, 3.05) is 13.7 Å². The molecule has 2 saturated carbocycles. The second-order valence-electron chi connectivity index (χ2n) is 7.93. The van der Waals surface area contributed by atoms with Crippen molar-refractivity contribution >= 4 is 11.3 Å². The second-order valence-corrected chi connectivity index (χ2v) is 8.96. The Labute approximate surface area is 179 Å². The van der Waals surface area contributed by atoms with Gasteiger partial charge < -0.3 is 14.6 Å². The van der Waals surface area contributed by atoms with E-state index in [1.807, 2.05) is 19.1 Å². The normalized spacial score (nSPS) is 20.2. The highest BCUT2D eigenvalue weighted by Gasteiger charge is 2.40. The maximum absolute atomic E-state index is 9.81. The van der Waals surface area contributed by atoms with Crippen LogP contribution < -0.4 is 9.47 Å². The molecule has 0 spiro atoms. The molecule has 2 atom stereocenters. The predicted octanol–water partition coefficient (Wildman–Crippen LogP) is 3.86. The molecule has 2 fully saturated rings. The minimum atomic E-state index is -0.0975. The summed E-state index contributed by atoms with van der Waals surface area (Å²) in [5, 5.41) is 10.9. The zero-order valence-electron chi connectivity index (χ0n) is 17.0. The Hall–Kier alpha value is -2.58. The quantitative estimate of drug-likeness (QED) is 0.587. The molecule has 8 heteroatoms. The van der Waals surface area contributed by atoms with Crippen LogP contribution in [-0.4, -0.2) is 38.8 Å². The van der Waals surface area contributed by atoms with Crippen LogP contribution >= 0.6 is 11.3 Å². The highest BCUT2D eigenvalue weighted by Crippen LogP contribution is 2.48. The summed E-state index contributed by atoms with van der Waals surface area (Å²) >= 11 is 1.63. The summed E-state index contributed by atoms with van der Waals surface area (Å²) in [6.45, 7) is 2.33. The molecule has 1 N–H and O–H groups in total. The van der Waals surface area contributed by atoms with Gasteiger partial charge in [-0.1, -0.05) is 0 Å². The van der Waals surface area contributed by atoms with Gasteiger partial charge in [-0.25, -0.2) is 9.97 Å². The van der Waals surface area contributed by atoms with E-state index in [-0.39, 0.29) is 6.61 Å². The maximum Gasteiger partial charge on any atom is 0.225 e. The molecule has 3 aromatic heterocycles. The fourth-order valence-electron chi connectivity index (χ4n) is 3.62. The highest BCUT2D eigenvalue weighted by atomic mass is 32.1. The van der Waals surface area contributed by atoms with Crippen LogP contribution in [0.25, 0.3) is 10.4 Å². The highest BCUT2D eigenvalue weighted by molar-refractivity contribution is 7.15. The van der Waals surface area contributed by atoms with Crippen molar-refractivity contribution < 1.29 is 14.6 Å². The topological polar surface area (TPSA) is 90.2 Å². The van der Waals surface area contributed by atoms with Crippen molar-refractivity contribution in [3.05, 3.63) is 46.7 Å². The molecular weight excluding hydrogens is 400 g/mol. The van der Waals surface area contributed by atoms with Crippen molar-refractivity contribution in [1.29, 1.82) is 0 Å². The number of hydrogen-bond donors (Lipinski definition) is 1. The SMILES string of the molecule is COc1ccc([C@H]2C[C@@H]2COc2nc(C)ncc2-c2sc(C3CC3)nc2CO)nc1. The lowest BCUT2D eigenvalue weighted by Crippen LogP contribution is -2.06. The van der Waals surface area contributed by atoms with Gasteiger partial charge in [0.15, 0.2) is 0 Å². The second kappa shape index (κ2) is 7.92. The lowest BCUT2D eigenvalue weighted by molar-refractivity contribution is 0.277. The minimum Gasteiger partial charge on any atom is -0.495 e. The molecule has 3 aromatic rings. The van der Waals surface area contributed by atoms with Gasteiger partial charge in [0.2, 0.25) is 5.88 Å². The van der Waals surface area contributed by atoms with E-state index < -0.39 is 0 Å². The van der Waals surface area contributed by atoms with Gasteiger partial charge in [0.05, 0.1) is 47.7 Å². The standard InChI is InChI=1S/C22H24N4O3S/c1-12-23-9-17(20-19(10-27)26-22(30-20)13-3-4-13)21(25-12)29-11-14-7-16(14)18-6-5-15(28-2)8-24-18/h5-6,8-9,13-14,16,27H,3-4,7,10-11H2,1-2H3/t14-,16+/m1/s1. The third-order valence-corrected chi connectivity index (χ3v) is 6.93. The van der Waals surface area contributed by atoms with Crippen LogP contribution in [0, 0.1) is 12.8 Å². The zero-order chi connectivity index (χ0) is 20.7. The van der Waals surface area contributed by atoms with Gasteiger partial charge in [-0.2, -0.15) is 4.98 Å². The number of aliphatic hydroxyl groups excluding tert-OH is 1. The number of nitrogens with zero attached hydrogens (tertiary/aromatic N) is 4. The number of hydrogen-bond acceptors (Lipinski definition) is 8. The summed E-state index contributed by atoms with van der Waals surface area (Å²) in [5.74, 6) is 3.35. The van der Waals surface area contributed by atoms with Gasteiger partial charge >= 0.3 is 0 Å². The van der Waals surface area contributed by atoms with Crippen molar-refractivity contribution in [2.24, 2.45) is 5.92 Å². The summed E-state index contributed by atoms with van der Waals surface area (Å²) in [6, 6.07) is 3.97. The van der Waals surface area contributed by atoms with Crippen LogP contribution in [0.5, 0.6) is 11.6 Å². The van der Waals surface area contributed by atoms with Gasteiger partial charge in [0, 0.05) is 29.6 Å². The number of methoxy groups -OCH3 is 1. The first kappa shape index (κ1) is 19.4. The van der Waals surface area contributed by atoms with Crippen LogP contribution in [0.15, 0.2) is 24.5 Å². The lowest BCUT2D eigenvalue weighted by Gasteiger charge is -2.10. The molecule has 7 nitrogen and oxygen atoms in total. The fourth-order valence-corrected chi connectivity index (χ4v) is 4.86. The fraction of sp³-hybridized carbons (Fsp3) is 0.455. The smallest absolute Gasteiger partial charge is 0.225 e. The molecule has 3 heterocycles. The summed E-state index contributed by atoms with van der Waals surface area (Å²) in [4.78, 5) is 19.0. The van der Waals surface area contributed by atoms with Crippen molar-refractivity contribution in [3.8, 4) is 22.1 Å². The first-order chi connectivity index (χ1) is 14.7. The summed E-state index contributed by atoms with van der Waals surface area (Å²) in [5.41, 5.74) is 2.57. The number of ether oxygens (including phenoxy) is 2. The number of aryl methyl sites for hydroxylation is 1. The number of aromatic nitrogens is 4. The molecule has 0 aliphatic heterocycles. The molecule has 0 saturated heterocycles. The first-order valence-electron chi connectivity index (χ1n) is 10.2. The molecule has 0 unspecified atom stereocenters. The molecule has 2 aliphatic rings. The molecule has 5 rings (SSSR count). The average Bonchev–Trinajstić information content (AvgIpc) is 3.70. The van der Waals surface area contributed by atoms with Crippen molar-refractivity contribution in [1.82, 2.24) is 19.9 Å². The molecule has 0 radical (unpaired) electrons. The molecule has 156 valence electrons. The Morgan fingerprint density at radius 1 is 1.17 bits per heavy atom.